The van der Waals surface area contributed by atoms with Crippen molar-refractivity contribution in [2.24, 2.45) is 5.73 Å². The Kier molecular flexibility index (Phi) is 2.45. The van der Waals surface area contributed by atoms with E-state index in [-0.39, 0.29) is 0 Å². The molecule has 0 aliphatic rings. The summed E-state index contributed by atoms with van der Waals surface area (Å²) in [6.45, 7) is 2.62. The molecule has 2 N–H and O–H groups in total. The summed E-state index contributed by atoms with van der Waals surface area (Å²) in [6, 6.07) is 4.00. The first-order valence-corrected chi connectivity index (χ1v) is 4.87. The average molecular weight is 190 g/mol. The molecule has 0 spiro atoms. The molecular formula is C10H14N4. The van der Waals surface area contributed by atoms with Gasteiger partial charge in [-0.15, -0.1) is 0 Å². The minimum absolute atomic E-state index is 0.476. The molecule has 0 atom stereocenters. The van der Waals surface area contributed by atoms with Gasteiger partial charge in [0.1, 0.15) is 0 Å². The number of rotatable bonds is 3. The predicted octanol–water partition coefficient (Wildman–Crippen LogP) is 1.14. The molecule has 0 aromatic carbocycles. The van der Waals surface area contributed by atoms with E-state index in [1.807, 2.05) is 16.6 Å². The van der Waals surface area contributed by atoms with Gasteiger partial charge in [-0.2, -0.15) is 5.10 Å². The molecule has 14 heavy (non-hydrogen) atoms. The van der Waals surface area contributed by atoms with Crippen molar-refractivity contribution in [3.05, 3.63) is 29.7 Å². The predicted molar refractivity (Wildman–Crippen MR) is 54.9 cm³/mol. The largest absolute Gasteiger partial charge is 0.325 e. The van der Waals surface area contributed by atoms with Crippen LogP contribution in [-0.2, 0) is 13.0 Å². The molecule has 0 aliphatic carbocycles. The van der Waals surface area contributed by atoms with E-state index in [4.69, 9.17) is 5.73 Å². The molecule has 0 saturated carbocycles. The topological polar surface area (TPSA) is 56.2 Å². The fraction of sp³-hybridized carbons (Fsp3) is 0.400. The number of hydrogen-bond acceptors (Lipinski definition) is 3. The van der Waals surface area contributed by atoms with Crippen molar-refractivity contribution in [1.82, 2.24) is 14.6 Å². The summed E-state index contributed by atoms with van der Waals surface area (Å²) in [7, 11) is 0. The molecule has 0 bridgehead atoms. The Bertz CT molecular complexity index is 433. The molecule has 4 nitrogen and oxygen atoms in total. The smallest absolute Gasteiger partial charge is 0.153 e. The summed E-state index contributed by atoms with van der Waals surface area (Å²) in [4.78, 5) is 4.21. The Hall–Kier alpha value is -1.42. The molecule has 2 rings (SSSR count). The summed E-state index contributed by atoms with van der Waals surface area (Å²) in [5, 5.41) is 4.47. The van der Waals surface area contributed by atoms with Gasteiger partial charge in [-0.1, -0.05) is 13.3 Å². The van der Waals surface area contributed by atoms with Gasteiger partial charge in [-0.05, 0) is 18.6 Å². The molecule has 0 unspecified atom stereocenters. The highest BCUT2D eigenvalue weighted by Gasteiger charge is 2.03. The van der Waals surface area contributed by atoms with Gasteiger partial charge < -0.3 is 5.73 Å². The highest BCUT2D eigenvalue weighted by atomic mass is 15.3. The standard InChI is InChI=1S/C10H14N4/c1-2-3-8-4-5-10-12-7-9(6-11)14(10)13-8/h4-5,7H,2-3,6,11H2,1H3. The summed E-state index contributed by atoms with van der Waals surface area (Å²) >= 11 is 0. The van der Waals surface area contributed by atoms with Crippen molar-refractivity contribution in [3.63, 3.8) is 0 Å². The summed E-state index contributed by atoms with van der Waals surface area (Å²) in [5.41, 5.74) is 8.50. The third kappa shape index (κ3) is 1.48. The average Bonchev–Trinajstić information content (AvgIpc) is 2.60. The fourth-order valence-electron chi connectivity index (χ4n) is 1.49. The second-order valence-electron chi connectivity index (χ2n) is 3.30. The summed E-state index contributed by atoms with van der Waals surface area (Å²) < 4.78 is 1.82. The molecular weight excluding hydrogens is 176 g/mol. The van der Waals surface area contributed by atoms with Crippen LogP contribution in [0.3, 0.4) is 0 Å². The lowest BCUT2D eigenvalue weighted by Crippen LogP contribution is -2.05. The van der Waals surface area contributed by atoms with Gasteiger partial charge in [0.25, 0.3) is 0 Å². The number of nitrogens with two attached hydrogens (primary N) is 1. The number of imidazole rings is 1. The van der Waals surface area contributed by atoms with Crippen LogP contribution >= 0.6 is 0 Å². The number of aromatic nitrogens is 3. The van der Waals surface area contributed by atoms with E-state index in [0.717, 1.165) is 29.9 Å². The SMILES string of the molecule is CCCc1ccc2ncc(CN)n2n1. The lowest BCUT2D eigenvalue weighted by molar-refractivity contribution is 0.778. The van der Waals surface area contributed by atoms with Gasteiger partial charge in [-0.3, -0.25) is 0 Å². The van der Waals surface area contributed by atoms with Crippen molar-refractivity contribution in [3.8, 4) is 0 Å². The molecule has 0 radical (unpaired) electrons. The van der Waals surface area contributed by atoms with Gasteiger partial charge in [0.2, 0.25) is 0 Å². The fourth-order valence-corrected chi connectivity index (χ4v) is 1.49. The number of fused-ring (bicyclic) bond motifs is 1. The summed E-state index contributed by atoms with van der Waals surface area (Å²) in [5.74, 6) is 0. The first-order chi connectivity index (χ1) is 6.85. The van der Waals surface area contributed by atoms with E-state index in [0.29, 0.717) is 6.54 Å². The normalized spacial score (nSPS) is 11.0. The van der Waals surface area contributed by atoms with Gasteiger partial charge >= 0.3 is 0 Å². The Morgan fingerprint density at radius 2 is 2.29 bits per heavy atom. The van der Waals surface area contributed by atoms with Gasteiger partial charge in [0.05, 0.1) is 17.6 Å². The lowest BCUT2D eigenvalue weighted by atomic mass is 10.2. The van der Waals surface area contributed by atoms with Crippen molar-refractivity contribution >= 4 is 5.65 Å². The third-order valence-corrected chi connectivity index (χ3v) is 2.20. The molecule has 4 heteroatoms. The molecule has 74 valence electrons. The van der Waals surface area contributed by atoms with Crippen molar-refractivity contribution in [2.45, 2.75) is 26.3 Å². The second kappa shape index (κ2) is 3.75. The molecule has 2 aromatic rings. The summed E-state index contributed by atoms with van der Waals surface area (Å²) in [6.07, 6.45) is 3.88. The minimum Gasteiger partial charge on any atom is -0.325 e. The van der Waals surface area contributed by atoms with Crippen LogP contribution in [0, 0.1) is 0 Å². The van der Waals surface area contributed by atoms with Crippen molar-refractivity contribution < 1.29 is 0 Å². The zero-order chi connectivity index (χ0) is 9.97. The van der Waals surface area contributed by atoms with Crippen LogP contribution in [0.2, 0.25) is 0 Å². The molecule has 0 amide bonds. The van der Waals surface area contributed by atoms with Crippen LogP contribution < -0.4 is 5.73 Å². The van der Waals surface area contributed by atoms with Gasteiger partial charge in [0.15, 0.2) is 5.65 Å². The van der Waals surface area contributed by atoms with E-state index >= 15 is 0 Å². The Morgan fingerprint density at radius 1 is 1.43 bits per heavy atom. The van der Waals surface area contributed by atoms with Crippen LogP contribution in [-0.4, -0.2) is 14.6 Å². The number of aryl methyl sites for hydroxylation is 1. The van der Waals surface area contributed by atoms with E-state index < -0.39 is 0 Å². The molecule has 2 aromatic heterocycles. The molecule has 0 aliphatic heterocycles. The van der Waals surface area contributed by atoms with Crippen molar-refractivity contribution in [2.75, 3.05) is 0 Å². The van der Waals surface area contributed by atoms with E-state index in [9.17, 15) is 0 Å². The third-order valence-electron chi connectivity index (χ3n) is 2.20. The van der Waals surface area contributed by atoms with Gasteiger partial charge in [0, 0.05) is 6.54 Å². The molecule has 0 saturated heterocycles. The highest BCUT2D eigenvalue weighted by molar-refractivity contribution is 5.38. The number of nitrogens with zero attached hydrogens (tertiary/aromatic N) is 3. The zero-order valence-corrected chi connectivity index (χ0v) is 8.27. The van der Waals surface area contributed by atoms with Crippen LogP contribution in [0.25, 0.3) is 5.65 Å². The Balaban J connectivity index is 2.50. The minimum atomic E-state index is 0.476. The highest BCUT2D eigenvalue weighted by Crippen LogP contribution is 2.06. The van der Waals surface area contributed by atoms with Crippen LogP contribution in [0.4, 0.5) is 0 Å². The van der Waals surface area contributed by atoms with Gasteiger partial charge in [-0.25, -0.2) is 9.50 Å². The van der Waals surface area contributed by atoms with E-state index in [1.54, 1.807) is 6.20 Å². The van der Waals surface area contributed by atoms with E-state index in [1.165, 1.54) is 0 Å². The second-order valence-corrected chi connectivity index (χ2v) is 3.30. The van der Waals surface area contributed by atoms with Crippen molar-refractivity contribution in [1.29, 1.82) is 0 Å². The van der Waals surface area contributed by atoms with Crippen LogP contribution in [0.5, 0.6) is 0 Å². The lowest BCUT2D eigenvalue weighted by Gasteiger charge is -2.00. The molecule has 0 fully saturated rings. The number of hydrogen-bond donors (Lipinski definition) is 1. The first-order valence-electron chi connectivity index (χ1n) is 4.87. The van der Waals surface area contributed by atoms with Crippen LogP contribution in [0.1, 0.15) is 24.7 Å². The Morgan fingerprint density at radius 3 is 3.00 bits per heavy atom. The maximum Gasteiger partial charge on any atom is 0.153 e. The first kappa shape index (κ1) is 9.15. The maximum absolute atomic E-state index is 5.58. The monoisotopic (exact) mass is 190 g/mol. The maximum atomic E-state index is 5.58. The van der Waals surface area contributed by atoms with Crippen LogP contribution in [0.15, 0.2) is 18.3 Å². The zero-order valence-electron chi connectivity index (χ0n) is 8.27. The quantitative estimate of drug-likeness (QED) is 0.789. The molecule has 2 heterocycles. The van der Waals surface area contributed by atoms with E-state index in [2.05, 4.69) is 17.0 Å². The Labute approximate surface area is 82.8 Å².